The minimum absolute atomic E-state index is 0. The van der Waals surface area contributed by atoms with Crippen LogP contribution in [0.4, 0.5) is 39.7 Å². The van der Waals surface area contributed by atoms with Crippen molar-refractivity contribution in [3.05, 3.63) is 132 Å². The molecule has 13 N–H and O–H groups in total. The van der Waals surface area contributed by atoms with Crippen molar-refractivity contribution in [3.63, 3.8) is 0 Å². The summed E-state index contributed by atoms with van der Waals surface area (Å²) in [5.41, 5.74) is 21.3. The summed E-state index contributed by atoms with van der Waals surface area (Å²) < 4.78 is 5.44. The minimum atomic E-state index is -0.662. The Morgan fingerprint density at radius 2 is 1.31 bits per heavy atom. The third-order valence-electron chi connectivity index (χ3n) is 12.3. The lowest BCUT2D eigenvalue weighted by Gasteiger charge is -2.28. The van der Waals surface area contributed by atoms with Crippen LogP contribution in [0.3, 0.4) is 0 Å². The molecule has 2 atom stereocenters. The van der Waals surface area contributed by atoms with Crippen molar-refractivity contribution in [2.24, 2.45) is 22.2 Å². The first kappa shape index (κ1) is 54.5. The smallest absolute Gasteiger partial charge is 0.407 e. The predicted molar refractivity (Wildman–Crippen MR) is 284 cm³/mol. The summed E-state index contributed by atoms with van der Waals surface area (Å²) in [7, 11) is 0. The van der Waals surface area contributed by atoms with Gasteiger partial charge in [-0.15, -0.1) is 0 Å². The molecule has 2 saturated carbocycles. The van der Waals surface area contributed by atoms with Crippen molar-refractivity contribution in [2.75, 3.05) is 34.4 Å². The average molecular weight is 1010 g/mol. The molecule has 0 unspecified atom stereocenters. The van der Waals surface area contributed by atoms with Crippen LogP contribution in [-0.2, 0) is 16.1 Å². The van der Waals surface area contributed by atoms with Gasteiger partial charge in [-0.1, -0.05) is 75.9 Å². The van der Waals surface area contributed by atoms with Crippen molar-refractivity contribution >= 4 is 65.1 Å². The molecule has 1 aliphatic heterocycles. The van der Waals surface area contributed by atoms with Crippen molar-refractivity contribution < 1.29 is 29.0 Å². The quantitative estimate of drug-likeness (QED) is 0.0387. The maximum Gasteiger partial charge on any atom is 0.407 e. The van der Waals surface area contributed by atoms with Gasteiger partial charge in [-0.2, -0.15) is 9.97 Å². The highest BCUT2D eigenvalue weighted by Gasteiger charge is 2.51. The number of carbonyl (C=O) groups excluding carboxylic acids is 3. The van der Waals surface area contributed by atoms with Gasteiger partial charge in [0, 0.05) is 72.0 Å². The Bertz CT molecular complexity index is 2880. The molecule has 6 aromatic rings. The molecule has 2 aliphatic carbocycles. The Morgan fingerprint density at radius 3 is 1.82 bits per heavy atom. The fourth-order valence-corrected chi connectivity index (χ4v) is 8.13. The van der Waals surface area contributed by atoms with E-state index >= 15 is 0 Å². The third-order valence-corrected chi connectivity index (χ3v) is 12.3. The van der Waals surface area contributed by atoms with Crippen LogP contribution in [0.15, 0.2) is 115 Å². The van der Waals surface area contributed by atoms with E-state index in [0.717, 1.165) is 79.8 Å². The second kappa shape index (κ2) is 25.5. The number of nitrogens with zero attached hydrogens (tertiary/aromatic N) is 7. The largest absolute Gasteiger partial charge is 0.483 e. The molecule has 3 aromatic carbocycles. The van der Waals surface area contributed by atoms with Gasteiger partial charge in [-0.3, -0.25) is 19.4 Å². The second-order valence-electron chi connectivity index (χ2n) is 17.5. The molecule has 22 nitrogen and oxygen atoms in total. The molecule has 74 heavy (non-hydrogen) atoms. The summed E-state index contributed by atoms with van der Waals surface area (Å²) in [4.78, 5) is 75.8. The van der Waals surface area contributed by atoms with E-state index in [-0.39, 0.29) is 55.1 Å². The van der Waals surface area contributed by atoms with Crippen LogP contribution in [0.1, 0.15) is 98.1 Å². The van der Waals surface area contributed by atoms with Crippen LogP contribution < -0.4 is 49.1 Å². The van der Waals surface area contributed by atoms with Crippen LogP contribution >= 0.6 is 0 Å². The van der Waals surface area contributed by atoms with Gasteiger partial charge in [0.2, 0.25) is 11.9 Å². The average Bonchev–Trinajstić information content (AvgIpc) is 4.36. The van der Waals surface area contributed by atoms with Crippen LogP contribution in [0, 0.1) is 0 Å². The zero-order valence-electron chi connectivity index (χ0n) is 40.5. The molecule has 0 radical (unpaired) electrons. The fraction of sp³-hybridized carbons (Fsp3) is 0.327. The van der Waals surface area contributed by atoms with Crippen molar-refractivity contribution in [1.82, 2.24) is 40.5 Å². The summed E-state index contributed by atoms with van der Waals surface area (Å²) in [5, 5.41) is 26.3. The summed E-state index contributed by atoms with van der Waals surface area (Å²) in [6.07, 6.45) is 11.8. The molecule has 0 bridgehead atoms. The molecular weight excluding hydrogens is 945 g/mol. The first-order chi connectivity index (χ1) is 35.3. The Balaban J connectivity index is 0.000000234. The molecule has 4 heterocycles. The zero-order valence-corrected chi connectivity index (χ0v) is 40.5. The number of hydrogen-bond donors (Lipinski definition) is 10. The van der Waals surface area contributed by atoms with Gasteiger partial charge < -0.3 is 58.9 Å². The normalized spacial score (nSPS) is 15.0. The Morgan fingerprint density at radius 1 is 0.757 bits per heavy atom. The topological polar surface area (TPSA) is 338 Å². The number of nitrogens with one attached hydrogen (secondary N) is 6. The molecule has 3 amide bonds. The lowest BCUT2D eigenvalue weighted by Crippen LogP contribution is -2.49. The van der Waals surface area contributed by atoms with Gasteiger partial charge in [-0.05, 0) is 80.8 Å². The Labute approximate surface area is 429 Å². The van der Waals surface area contributed by atoms with Crippen LogP contribution in [0.25, 0.3) is 11.4 Å². The molecular formula is C52H64N16O6. The van der Waals surface area contributed by atoms with E-state index in [9.17, 15) is 14.4 Å². The molecule has 9 rings (SSSR count). The highest BCUT2D eigenvalue weighted by molar-refractivity contribution is 6.01. The van der Waals surface area contributed by atoms with Crippen molar-refractivity contribution in [3.8, 4) is 11.4 Å². The van der Waals surface area contributed by atoms with Gasteiger partial charge in [0.05, 0.1) is 11.6 Å². The van der Waals surface area contributed by atoms with E-state index in [1.165, 1.54) is 12.4 Å². The van der Waals surface area contributed by atoms with Gasteiger partial charge in [0.15, 0.2) is 5.82 Å². The molecule has 3 aromatic heterocycles. The maximum absolute atomic E-state index is 12.6. The van der Waals surface area contributed by atoms with Gasteiger partial charge in [0.1, 0.15) is 35.2 Å². The number of hydrogen-bond acceptors (Lipinski definition) is 18. The van der Waals surface area contributed by atoms with E-state index in [0.29, 0.717) is 35.6 Å². The summed E-state index contributed by atoms with van der Waals surface area (Å²) in [6.45, 7) is 5.76. The molecule has 22 heteroatoms. The van der Waals surface area contributed by atoms with Crippen LogP contribution in [0.5, 0.6) is 0 Å². The number of aromatic nitrogens is 6. The molecule has 3 aliphatic rings. The number of nitrogens with two attached hydrogens (primary N) is 3. The second-order valence-corrected chi connectivity index (χ2v) is 17.5. The SMILES string of the molecule is C.CC[C@@H](Nc1ncc(C(N)=O)c(Nc2cccc(-c3ncccn3)c2)n1)C1(NC(=O)OCc2ccccc2)CC1.CC[C@@H](Nc1ncc(C(N)=O)c(Nc2cccc(C3=NCCCN3)c2)n1)C1(N)CC1.O=CO. The highest BCUT2D eigenvalue weighted by Crippen LogP contribution is 2.41. The lowest BCUT2D eigenvalue weighted by atomic mass is 10.0. The summed E-state index contributed by atoms with van der Waals surface area (Å²) in [5.74, 6) is 1.51. The summed E-state index contributed by atoms with van der Waals surface area (Å²) in [6, 6.07) is 26.4. The standard InChI is InChI=1S/C29H30N8O3.C21H28N8O.CH2O2.CH4/c1-2-23(29(12-13-29)37-28(39)40-18-19-8-4-3-5-9-19)35-27-33-17-22(24(30)38)26(36-27)34-21-11-6-10-20(16-21)25-31-14-7-15-32-25;1-2-16(21(23)7-8-21)28-20-26-12-15(17(22)30)19(29-20)27-14-6-3-5-13(11-14)18-24-9-4-10-25-18;2-1-3;/h3-11,14-17,23H,2,12-13,18H2,1H3,(H2,30,38)(H,37,39)(H2,33,34,35,36);3,5-6,11-12,16H,2,4,7-10,23H2,1H3,(H2,22,30)(H,24,25)(H2,26,27,28,29);1H,(H,2,3);1H4/t23-;16-;;/m11../s1. The number of primary amides is 2. The number of benzene rings is 3. The number of amidine groups is 1. The minimum Gasteiger partial charge on any atom is -0.483 e. The van der Waals surface area contributed by atoms with Crippen molar-refractivity contribution in [2.45, 2.75) is 96.0 Å². The number of aliphatic imine (C=N–C) groups is 1. The number of amides is 3. The monoisotopic (exact) mass is 1010 g/mol. The van der Waals surface area contributed by atoms with Gasteiger partial charge in [-0.25, -0.2) is 24.7 Å². The number of anilines is 6. The number of ether oxygens (including phenoxy) is 1. The number of carbonyl (C=O) groups is 4. The molecule has 0 spiro atoms. The molecule has 0 saturated heterocycles. The number of alkyl carbamates (subject to hydrolysis) is 1. The first-order valence-electron chi connectivity index (χ1n) is 23.9. The maximum atomic E-state index is 12.6. The van der Waals surface area contributed by atoms with Gasteiger partial charge >= 0.3 is 6.09 Å². The highest BCUT2D eigenvalue weighted by atomic mass is 16.5. The van der Waals surface area contributed by atoms with Gasteiger partial charge in [0.25, 0.3) is 18.3 Å². The van der Waals surface area contributed by atoms with E-state index in [2.05, 4.69) is 73.7 Å². The van der Waals surface area contributed by atoms with E-state index in [1.54, 1.807) is 18.5 Å². The predicted octanol–water partition coefficient (Wildman–Crippen LogP) is 6.50. The Hall–Kier alpha value is -8.79. The third kappa shape index (κ3) is 14.7. The van der Waals surface area contributed by atoms with Crippen LogP contribution in [-0.4, -0.2) is 101 Å². The molecule has 388 valence electrons. The zero-order chi connectivity index (χ0) is 51.8. The van der Waals surface area contributed by atoms with E-state index < -0.39 is 23.4 Å². The molecule has 2 fully saturated rings. The number of rotatable bonds is 19. The number of carboxylic acid groups (broad SMARTS) is 1. The first-order valence-corrected chi connectivity index (χ1v) is 23.9. The van der Waals surface area contributed by atoms with Crippen LogP contribution in [0.2, 0.25) is 0 Å². The summed E-state index contributed by atoms with van der Waals surface area (Å²) >= 11 is 0. The Kier molecular flexibility index (Phi) is 18.8. The fourth-order valence-electron chi connectivity index (χ4n) is 8.13. The van der Waals surface area contributed by atoms with E-state index in [4.69, 9.17) is 31.8 Å². The lowest BCUT2D eigenvalue weighted by molar-refractivity contribution is -0.122. The van der Waals surface area contributed by atoms with Crippen molar-refractivity contribution in [1.29, 1.82) is 0 Å². The van der Waals surface area contributed by atoms with E-state index in [1.807, 2.05) is 85.8 Å².